The van der Waals surface area contributed by atoms with Crippen molar-refractivity contribution in [2.45, 2.75) is 45.1 Å². The summed E-state index contributed by atoms with van der Waals surface area (Å²) in [6.07, 6.45) is 10.3. The van der Waals surface area contributed by atoms with Crippen LogP contribution in [-0.4, -0.2) is 53.6 Å². The van der Waals surface area contributed by atoms with Crippen LogP contribution in [0.25, 0.3) is 0 Å². The van der Waals surface area contributed by atoms with Crippen LogP contribution in [0.4, 0.5) is 11.6 Å². The van der Waals surface area contributed by atoms with Crippen LogP contribution in [0.15, 0.2) is 54.9 Å². The number of nitrogens with one attached hydrogen (secondary N) is 1. The molecule has 1 N–H and O–H groups in total. The third kappa shape index (κ3) is 7.14. The Morgan fingerprint density at radius 2 is 1.61 bits per heavy atom. The summed E-state index contributed by atoms with van der Waals surface area (Å²) in [6, 6.07) is 12.8. The summed E-state index contributed by atoms with van der Waals surface area (Å²) in [5, 5.41) is 3.51. The highest BCUT2D eigenvalue weighted by molar-refractivity contribution is 6.31. The molecule has 0 bridgehead atoms. The Bertz CT molecular complexity index is 1220. The van der Waals surface area contributed by atoms with Crippen molar-refractivity contribution in [3.05, 3.63) is 65.4 Å². The summed E-state index contributed by atoms with van der Waals surface area (Å²) < 4.78 is 12.2. The van der Waals surface area contributed by atoms with Crippen molar-refractivity contribution in [3.8, 4) is 17.2 Å². The number of nitrogens with zero attached hydrogens (tertiary/aromatic N) is 4. The van der Waals surface area contributed by atoms with E-state index in [9.17, 15) is 4.79 Å². The number of hydrogen-bond donors (Lipinski definition) is 1. The van der Waals surface area contributed by atoms with Gasteiger partial charge in [-0.15, -0.1) is 0 Å². The molecule has 9 heteroatoms. The van der Waals surface area contributed by atoms with Crippen molar-refractivity contribution in [2.75, 3.05) is 43.0 Å². The van der Waals surface area contributed by atoms with Crippen LogP contribution in [0.1, 0.15) is 44.1 Å². The normalized spacial score (nSPS) is 17.6. The predicted octanol–water partition coefficient (Wildman–Crippen LogP) is 5.92. The number of amides is 1. The second-order valence-electron chi connectivity index (χ2n) is 9.80. The van der Waals surface area contributed by atoms with Crippen molar-refractivity contribution in [2.24, 2.45) is 0 Å². The largest absolute Gasteiger partial charge is 0.490 e. The van der Waals surface area contributed by atoms with Crippen molar-refractivity contribution in [3.63, 3.8) is 0 Å². The van der Waals surface area contributed by atoms with E-state index in [4.69, 9.17) is 21.1 Å². The molecule has 1 aromatic heterocycles. The van der Waals surface area contributed by atoms with E-state index >= 15 is 0 Å². The van der Waals surface area contributed by atoms with Gasteiger partial charge in [0, 0.05) is 42.6 Å². The third-order valence-corrected chi connectivity index (χ3v) is 7.00. The Kier molecular flexibility index (Phi) is 8.94. The van der Waals surface area contributed by atoms with Gasteiger partial charge in [0.15, 0.2) is 17.2 Å². The molecule has 2 aliphatic heterocycles. The van der Waals surface area contributed by atoms with E-state index in [1.54, 1.807) is 18.2 Å². The van der Waals surface area contributed by atoms with E-state index in [1.165, 1.54) is 19.3 Å². The number of halogens is 1. The quantitative estimate of drug-likeness (QED) is 0.446. The van der Waals surface area contributed by atoms with E-state index in [1.807, 2.05) is 36.7 Å². The molecular formula is C29H34ClN5O3. The number of carbonyl (C=O) groups is 1. The molecule has 0 radical (unpaired) electrons. The molecule has 2 aliphatic rings. The van der Waals surface area contributed by atoms with Crippen LogP contribution in [-0.2, 0) is 11.3 Å². The number of piperidine rings is 1. The molecule has 38 heavy (non-hydrogen) atoms. The first-order valence-electron chi connectivity index (χ1n) is 13.4. The minimum Gasteiger partial charge on any atom is -0.490 e. The predicted molar refractivity (Wildman–Crippen MR) is 149 cm³/mol. The number of rotatable bonds is 3. The molecular weight excluding hydrogens is 502 g/mol. The first kappa shape index (κ1) is 26.3. The molecule has 0 saturated carbocycles. The highest BCUT2D eigenvalue weighted by Crippen LogP contribution is 2.36. The van der Waals surface area contributed by atoms with Gasteiger partial charge in [-0.1, -0.05) is 23.7 Å². The van der Waals surface area contributed by atoms with Crippen LogP contribution < -0.4 is 19.7 Å². The molecule has 1 amide bonds. The van der Waals surface area contributed by atoms with Gasteiger partial charge in [0.2, 0.25) is 11.9 Å². The lowest BCUT2D eigenvalue weighted by Gasteiger charge is -2.27. The summed E-state index contributed by atoms with van der Waals surface area (Å²) in [6.45, 7) is 4.21. The lowest BCUT2D eigenvalue weighted by atomic mass is 10.1. The number of benzene rings is 2. The molecule has 8 nitrogen and oxygen atoms in total. The van der Waals surface area contributed by atoms with Gasteiger partial charge in [-0.3, -0.25) is 9.69 Å². The van der Waals surface area contributed by atoms with Crippen LogP contribution in [0, 0.1) is 0 Å². The van der Waals surface area contributed by atoms with Crippen molar-refractivity contribution < 1.29 is 14.3 Å². The van der Waals surface area contributed by atoms with Crippen molar-refractivity contribution in [1.82, 2.24) is 14.9 Å². The zero-order chi connectivity index (χ0) is 26.2. The van der Waals surface area contributed by atoms with Crippen LogP contribution in [0.3, 0.4) is 0 Å². The van der Waals surface area contributed by atoms with Gasteiger partial charge in [0.1, 0.15) is 0 Å². The fourth-order valence-corrected chi connectivity index (χ4v) is 4.98. The molecule has 0 spiro atoms. The minimum atomic E-state index is -0.137. The SMILES string of the molecule is O=C1CN(Cc2cnc(N3CCCCC3)nc2)CCCCCOc2ccccc2Oc2ccc(Cl)cc2N1. The Morgan fingerprint density at radius 1 is 0.868 bits per heavy atom. The van der Waals surface area contributed by atoms with E-state index in [0.29, 0.717) is 41.1 Å². The molecule has 2 aromatic carbocycles. The first-order chi connectivity index (χ1) is 18.6. The lowest BCUT2D eigenvalue weighted by Crippen LogP contribution is -2.34. The molecule has 0 unspecified atom stereocenters. The van der Waals surface area contributed by atoms with Gasteiger partial charge in [-0.05, 0) is 75.4 Å². The average molecular weight is 536 g/mol. The number of hydrogen-bond acceptors (Lipinski definition) is 7. The second-order valence-corrected chi connectivity index (χ2v) is 10.2. The smallest absolute Gasteiger partial charge is 0.238 e. The molecule has 1 fully saturated rings. The minimum absolute atomic E-state index is 0.137. The van der Waals surface area contributed by atoms with Crippen LogP contribution in [0.5, 0.6) is 17.2 Å². The third-order valence-electron chi connectivity index (χ3n) is 6.77. The average Bonchev–Trinajstić information content (AvgIpc) is 2.93. The number of ether oxygens (including phenoxy) is 2. The first-order valence-corrected chi connectivity index (χ1v) is 13.8. The zero-order valence-corrected chi connectivity index (χ0v) is 22.3. The Balaban J connectivity index is 1.31. The lowest BCUT2D eigenvalue weighted by molar-refractivity contribution is -0.117. The molecule has 5 rings (SSSR count). The van der Waals surface area contributed by atoms with Gasteiger partial charge in [-0.25, -0.2) is 9.97 Å². The number of anilines is 2. The van der Waals surface area contributed by atoms with Gasteiger partial charge in [-0.2, -0.15) is 0 Å². The van der Waals surface area contributed by atoms with Gasteiger partial charge >= 0.3 is 0 Å². The number of carbonyl (C=O) groups excluding carboxylic acids is 1. The molecule has 0 atom stereocenters. The van der Waals surface area contributed by atoms with E-state index < -0.39 is 0 Å². The molecule has 0 aliphatic carbocycles. The fraction of sp³-hybridized carbons (Fsp3) is 0.414. The Labute approximate surface area is 228 Å². The van der Waals surface area contributed by atoms with E-state index in [2.05, 4.69) is 25.1 Å². The Morgan fingerprint density at radius 3 is 2.42 bits per heavy atom. The van der Waals surface area contributed by atoms with Crippen molar-refractivity contribution >= 4 is 29.1 Å². The molecule has 3 heterocycles. The highest BCUT2D eigenvalue weighted by Gasteiger charge is 2.18. The summed E-state index contributed by atoms with van der Waals surface area (Å²) in [4.78, 5) is 26.8. The summed E-state index contributed by atoms with van der Waals surface area (Å²) in [5.74, 6) is 2.42. The summed E-state index contributed by atoms with van der Waals surface area (Å²) >= 11 is 6.26. The van der Waals surface area contributed by atoms with Gasteiger partial charge < -0.3 is 19.7 Å². The van der Waals surface area contributed by atoms with Crippen LogP contribution in [0.2, 0.25) is 5.02 Å². The standard InChI is InChI=1S/C29H34ClN5O3/c30-23-11-12-25-24(17-23)33-28(36)21-34(13-5-2-8-16-37-26-9-3-4-10-27(26)38-25)20-22-18-31-29(32-19-22)35-14-6-1-7-15-35/h3-4,9-12,17-19H,1-2,5-8,13-16,20-21H2,(H,33,36). The number of fused-ring (bicyclic) bond motifs is 2. The monoisotopic (exact) mass is 535 g/mol. The fourth-order valence-electron chi connectivity index (χ4n) is 4.81. The molecule has 200 valence electrons. The van der Waals surface area contributed by atoms with Crippen molar-refractivity contribution in [1.29, 1.82) is 0 Å². The topological polar surface area (TPSA) is 79.8 Å². The van der Waals surface area contributed by atoms with E-state index in [-0.39, 0.29) is 12.5 Å². The zero-order valence-electron chi connectivity index (χ0n) is 21.6. The van der Waals surface area contributed by atoms with Gasteiger partial charge in [0.05, 0.1) is 18.8 Å². The summed E-state index contributed by atoms with van der Waals surface area (Å²) in [5.41, 5.74) is 1.50. The van der Waals surface area contributed by atoms with E-state index in [0.717, 1.165) is 50.4 Å². The number of aromatic nitrogens is 2. The Hall–Kier alpha value is -3.36. The summed E-state index contributed by atoms with van der Waals surface area (Å²) in [7, 11) is 0. The van der Waals surface area contributed by atoms with Gasteiger partial charge in [0.25, 0.3) is 0 Å². The molecule has 3 aromatic rings. The molecule has 1 saturated heterocycles. The maximum absolute atomic E-state index is 13.2. The van der Waals surface area contributed by atoms with Crippen LogP contribution >= 0.6 is 11.6 Å². The maximum atomic E-state index is 13.2. The number of para-hydroxylation sites is 2. The second kappa shape index (κ2) is 12.9. The maximum Gasteiger partial charge on any atom is 0.238 e. The highest BCUT2D eigenvalue weighted by atomic mass is 35.5.